The van der Waals surface area contributed by atoms with Gasteiger partial charge < -0.3 is 24.2 Å². The number of fused-ring (bicyclic) bond motifs is 7. The number of carbonyl (C=O) groups excluding carboxylic acids is 1. The van der Waals surface area contributed by atoms with Gasteiger partial charge in [0.15, 0.2) is 5.82 Å². The molecule has 0 spiro atoms. The van der Waals surface area contributed by atoms with Crippen molar-refractivity contribution in [1.82, 2.24) is 24.8 Å². The Labute approximate surface area is 330 Å². The van der Waals surface area contributed by atoms with Crippen LogP contribution >= 0.6 is 0 Å². The summed E-state index contributed by atoms with van der Waals surface area (Å²) in [5.74, 6) is -2.15. The van der Waals surface area contributed by atoms with Crippen molar-refractivity contribution in [2.45, 2.75) is 101 Å². The molecule has 5 atom stereocenters. The Bertz CT molecular complexity index is 2460. The second-order valence-electron chi connectivity index (χ2n) is 17.0. The fourth-order valence-corrected chi connectivity index (χ4v) is 9.89. The molecule has 2 bridgehead atoms. The summed E-state index contributed by atoms with van der Waals surface area (Å²) < 4.78 is 80.8. The quantitative estimate of drug-likeness (QED) is 0.157. The number of ether oxygens (including phenoxy) is 3. The number of hydrogen-bond donors (Lipinski definition) is 2. The van der Waals surface area contributed by atoms with Crippen LogP contribution in [-0.4, -0.2) is 110 Å². The molecule has 5 aliphatic rings. The molecule has 4 saturated heterocycles. The second-order valence-corrected chi connectivity index (χ2v) is 17.0. The van der Waals surface area contributed by atoms with Crippen LogP contribution in [0.15, 0.2) is 24.3 Å². The first-order valence-corrected chi connectivity index (χ1v) is 19.3. The van der Waals surface area contributed by atoms with Gasteiger partial charge in [0.05, 0.1) is 35.8 Å². The zero-order valence-corrected chi connectivity index (χ0v) is 32.2. The predicted octanol–water partition coefficient (Wildman–Crippen LogP) is 7.18. The summed E-state index contributed by atoms with van der Waals surface area (Å²) in [6, 6.07) is 3.78. The Kier molecular flexibility index (Phi) is 8.63. The third-order valence-corrected chi connectivity index (χ3v) is 12.0. The number of alkyl halides is 2. The number of hydrogen-bond acceptors (Lipinski definition) is 10. The maximum absolute atomic E-state index is 17.6. The van der Waals surface area contributed by atoms with Crippen molar-refractivity contribution in [3.63, 3.8) is 0 Å². The fourth-order valence-electron chi connectivity index (χ4n) is 9.89. The molecule has 5 unspecified atom stereocenters. The van der Waals surface area contributed by atoms with Crippen LogP contribution in [0.25, 0.3) is 32.9 Å². The van der Waals surface area contributed by atoms with Crippen LogP contribution in [0.5, 0.6) is 11.9 Å². The van der Waals surface area contributed by atoms with E-state index in [0.29, 0.717) is 37.6 Å². The van der Waals surface area contributed by atoms with E-state index in [2.05, 4.69) is 16.2 Å². The van der Waals surface area contributed by atoms with Gasteiger partial charge in [0.25, 0.3) is 5.92 Å². The summed E-state index contributed by atoms with van der Waals surface area (Å²) in [5.41, 5.74) is -2.46. The standard InChI is InChI=1S/C41H41F4N7O6/c1-6-24-26(42)10-8-21-14-22(46-37(53)58-39(3,4)5)15-25(28(21)24)31-30(43)32-29-34(49-36(48-32)56-19-40-12-7-13-50(40)18-41(44,45)17-40)51-16-23-9-11-27(52(23)38(54)55)33(51)20(2)57-35(29)47-31/h1,8,10,14-15,20,23,27,33H,7,9,11-13,16-19H2,2-5H3,(H,46,53)(H,54,55). The molecule has 9 rings (SSSR count). The molecule has 17 heteroatoms. The number of carbonyl (C=O) groups is 2. The molecule has 5 aliphatic heterocycles. The van der Waals surface area contributed by atoms with Gasteiger partial charge in [0.2, 0.25) is 5.88 Å². The first-order chi connectivity index (χ1) is 27.5. The van der Waals surface area contributed by atoms with Gasteiger partial charge in [-0.25, -0.2) is 32.1 Å². The van der Waals surface area contributed by atoms with Crippen LogP contribution in [0.3, 0.4) is 0 Å². The van der Waals surface area contributed by atoms with E-state index in [1.54, 1.807) is 38.7 Å². The lowest BCUT2D eigenvalue weighted by molar-refractivity contribution is 0.00801. The molecule has 2 aromatic carbocycles. The average Bonchev–Trinajstić information content (AvgIpc) is 3.72. The Morgan fingerprint density at radius 1 is 1.14 bits per heavy atom. The highest BCUT2D eigenvalue weighted by Crippen LogP contribution is 2.49. The van der Waals surface area contributed by atoms with E-state index in [0.717, 1.165) is 0 Å². The van der Waals surface area contributed by atoms with Crippen molar-refractivity contribution in [2.75, 3.05) is 36.5 Å². The number of anilines is 2. The number of amides is 2. The maximum Gasteiger partial charge on any atom is 0.412 e. The topological polar surface area (TPSA) is 142 Å². The average molecular weight is 804 g/mol. The zero-order valence-electron chi connectivity index (χ0n) is 32.2. The highest BCUT2D eigenvalue weighted by Gasteiger charge is 2.57. The first-order valence-electron chi connectivity index (χ1n) is 19.3. The van der Waals surface area contributed by atoms with E-state index in [9.17, 15) is 23.5 Å². The van der Waals surface area contributed by atoms with Crippen molar-refractivity contribution in [1.29, 1.82) is 0 Å². The number of halogens is 4. The van der Waals surface area contributed by atoms with Gasteiger partial charge in [0.1, 0.15) is 46.5 Å². The number of benzene rings is 2. The van der Waals surface area contributed by atoms with Crippen LogP contribution in [0.1, 0.15) is 65.4 Å². The molecule has 2 amide bonds. The Balaban J connectivity index is 1.24. The van der Waals surface area contributed by atoms with Crippen molar-refractivity contribution in [2.24, 2.45) is 0 Å². The lowest BCUT2D eigenvalue weighted by Crippen LogP contribution is -2.64. The SMILES string of the molecule is C#Cc1c(F)ccc2cc(NC(=O)OC(C)(C)C)cc(-c3nc4c5c(nc(OCC67CCCN6CC(F)(F)C7)nc5c3F)N3CC5CCC(C3C(C)O4)N5C(=O)O)c12. The summed E-state index contributed by atoms with van der Waals surface area (Å²) in [6.45, 7) is 6.97. The van der Waals surface area contributed by atoms with E-state index in [1.165, 1.54) is 23.1 Å². The van der Waals surface area contributed by atoms with E-state index < -0.39 is 78.1 Å². The van der Waals surface area contributed by atoms with Gasteiger partial charge in [-0.15, -0.1) is 6.42 Å². The summed E-state index contributed by atoms with van der Waals surface area (Å²) in [6.07, 6.45) is 5.16. The number of carboxylic acid groups (broad SMARTS) is 1. The number of nitrogens with zero attached hydrogens (tertiary/aromatic N) is 6. The van der Waals surface area contributed by atoms with Crippen LogP contribution in [0.2, 0.25) is 0 Å². The van der Waals surface area contributed by atoms with Gasteiger partial charge in [0, 0.05) is 29.6 Å². The van der Waals surface area contributed by atoms with E-state index in [-0.39, 0.29) is 69.7 Å². The van der Waals surface area contributed by atoms with Gasteiger partial charge in [-0.05, 0) is 83.5 Å². The predicted molar refractivity (Wildman–Crippen MR) is 204 cm³/mol. The minimum Gasteiger partial charge on any atom is -0.472 e. The molecule has 4 fully saturated rings. The van der Waals surface area contributed by atoms with Gasteiger partial charge in [-0.2, -0.15) is 9.97 Å². The first kappa shape index (κ1) is 37.9. The third-order valence-electron chi connectivity index (χ3n) is 12.0. The number of piperazine rings is 1. The van der Waals surface area contributed by atoms with Crippen molar-refractivity contribution < 1.29 is 46.5 Å². The van der Waals surface area contributed by atoms with Gasteiger partial charge in [-0.3, -0.25) is 15.1 Å². The van der Waals surface area contributed by atoms with Crippen molar-refractivity contribution in [3.05, 3.63) is 41.5 Å². The number of aromatic nitrogens is 3. The minimum atomic E-state index is -2.91. The molecule has 13 nitrogen and oxygen atoms in total. The van der Waals surface area contributed by atoms with Crippen molar-refractivity contribution >= 4 is 45.4 Å². The molecular weight excluding hydrogens is 762 g/mol. The Morgan fingerprint density at radius 3 is 2.67 bits per heavy atom. The Morgan fingerprint density at radius 2 is 1.93 bits per heavy atom. The molecule has 0 aliphatic carbocycles. The maximum atomic E-state index is 17.6. The van der Waals surface area contributed by atoms with Gasteiger partial charge in [-0.1, -0.05) is 12.0 Å². The summed E-state index contributed by atoms with van der Waals surface area (Å²) in [7, 11) is 0. The van der Waals surface area contributed by atoms with Crippen LogP contribution in [0.4, 0.5) is 38.7 Å². The van der Waals surface area contributed by atoms with Crippen LogP contribution < -0.4 is 19.7 Å². The lowest BCUT2D eigenvalue weighted by Gasteiger charge is -2.47. The normalized spacial score (nSPS) is 25.8. The molecule has 7 heterocycles. The highest BCUT2D eigenvalue weighted by molar-refractivity contribution is 6.06. The Hall–Kier alpha value is -5.63. The fraction of sp³-hybridized carbons (Fsp3) is 0.488. The van der Waals surface area contributed by atoms with E-state index in [1.807, 2.05) is 4.90 Å². The molecule has 304 valence electrons. The number of pyridine rings is 1. The third kappa shape index (κ3) is 6.14. The van der Waals surface area contributed by atoms with Gasteiger partial charge >= 0.3 is 18.2 Å². The van der Waals surface area contributed by atoms with E-state index >= 15 is 8.78 Å². The number of nitrogens with one attached hydrogen (secondary N) is 1. The minimum absolute atomic E-state index is 0.00251. The summed E-state index contributed by atoms with van der Waals surface area (Å²) in [4.78, 5) is 44.6. The molecule has 2 aromatic heterocycles. The molecule has 0 saturated carbocycles. The largest absolute Gasteiger partial charge is 0.472 e. The molecule has 2 N–H and O–H groups in total. The molecule has 0 radical (unpaired) electrons. The second kappa shape index (κ2) is 13.2. The number of rotatable bonds is 5. The van der Waals surface area contributed by atoms with Crippen molar-refractivity contribution in [3.8, 4) is 35.5 Å². The van der Waals surface area contributed by atoms with Crippen LogP contribution in [-0.2, 0) is 4.74 Å². The summed E-state index contributed by atoms with van der Waals surface area (Å²) in [5, 5.41) is 13.5. The number of terminal acetylenes is 1. The summed E-state index contributed by atoms with van der Waals surface area (Å²) >= 11 is 0. The van der Waals surface area contributed by atoms with E-state index in [4.69, 9.17) is 30.6 Å². The monoisotopic (exact) mass is 803 g/mol. The smallest absolute Gasteiger partial charge is 0.412 e. The molecular formula is C41H41F4N7O6. The molecule has 58 heavy (non-hydrogen) atoms. The zero-order chi connectivity index (χ0) is 41.1. The lowest BCUT2D eigenvalue weighted by atomic mass is 9.94. The highest BCUT2D eigenvalue weighted by atomic mass is 19.3. The van der Waals surface area contributed by atoms with Crippen LogP contribution in [0, 0.1) is 24.0 Å². The molecule has 4 aromatic rings.